The maximum Gasteiger partial charge on any atom is 0.191 e. The van der Waals surface area contributed by atoms with Gasteiger partial charge in [0.25, 0.3) is 0 Å². The first-order valence-corrected chi connectivity index (χ1v) is 4.30. The van der Waals surface area contributed by atoms with Crippen LogP contribution in [0.15, 0.2) is 18.3 Å². The van der Waals surface area contributed by atoms with Crippen molar-refractivity contribution in [2.45, 2.75) is 19.3 Å². The number of aryl methyl sites for hydroxylation is 1. The standard InChI is InChI=1S/C10H12NO/c1-11-7-3-4-8-9(11)5-2-6-10(8)12/h3-4,7H,2,5-6H2,1H3/q+1. The molecule has 0 N–H and O–H groups in total. The summed E-state index contributed by atoms with van der Waals surface area (Å²) in [6.07, 6.45) is 4.76. The molecule has 0 saturated heterocycles. The lowest BCUT2D eigenvalue weighted by molar-refractivity contribution is -0.679. The van der Waals surface area contributed by atoms with Crippen molar-refractivity contribution >= 4 is 5.78 Å². The van der Waals surface area contributed by atoms with Crippen molar-refractivity contribution in [3.63, 3.8) is 0 Å². The Morgan fingerprint density at radius 1 is 1.42 bits per heavy atom. The number of pyridine rings is 1. The Morgan fingerprint density at radius 3 is 3.00 bits per heavy atom. The van der Waals surface area contributed by atoms with Gasteiger partial charge in [0.1, 0.15) is 7.05 Å². The van der Waals surface area contributed by atoms with E-state index >= 15 is 0 Å². The average Bonchev–Trinajstić information content (AvgIpc) is 2.07. The van der Waals surface area contributed by atoms with Crippen molar-refractivity contribution in [3.8, 4) is 0 Å². The molecule has 0 bridgehead atoms. The Hall–Kier alpha value is -1.18. The third-order valence-electron chi connectivity index (χ3n) is 2.43. The van der Waals surface area contributed by atoms with Crippen molar-refractivity contribution in [1.29, 1.82) is 0 Å². The van der Waals surface area contributed by atoms with Crippen molar-refractivity contribution in [2.24, 2.45) is 7.05 Å². The zero-order chi connectivity index (χ0) is 8.55. The third kappa shape index (κ3) is 1.04. The molecular weight excluding hydrogens is 150 g/mol. The fraction of sp³-hybridized carbons (Fsp3) is 0.400. The van der Waals surface area contributed by atoms with E-state index in [1.165, 1.54) is 5.69 Å². The minimum Gasteiger partial charge on any atom is -0.294 e. The van der Waals surface area contributed by atoms with Gasteiger partial charge in [0.05, 0.1) is 5.56 Å². The number of carbonyl (C=O) groups is 1. The van der Waals surface area contributed by atoms with Crippen LogP contribution in [0.1, 0.15) is 28.9 Å². The molecule has 1 heterocycles. The lowest BCUT2D eigenvalue weighted by atomic mass is 9.95. The summed E-state index contributed by atoms with van der Waals surface area (Å²) < 4.78 is 2.05. The molecule has 2 nitrogen and oxygen atoms in total. The SMILES string of the molecule is C[n+]1cccc2c1CCCC2=O. The van der Waals surface area contributed by atoms with Crippen LogP contribution in [0, 0.1) is 0 Å². The maximum absolute atomic E-state index is 11.4. The molecule has 1 aromatic heterocycles. The van der Waals surface area contributed by atoms with Gasteiger partial charge < -0.3 is 0 Å². The predicted molar refractivity (Wildman–Crippen MR) is 44.9 cm³/mol. The summed E-state index contributed by atoms with van der Waals surface area (Å²) in [5.41, 5.74) is 2.11. The lowest BCUT2D eigenvalue weighted by Crippen LogP contribution is -2.36. The largest absolute Gasteiger partial charge is 0.294 e. The topological polar surface area (TPSA) is 20.9 Å². The molecule has 1 aliphatic rings. The van der Waals surface area contributed by atoms with E-state index in [1.807, 2.05) is 29.9 Å². The first-order valence-electron chi connectivity index (χ1n) is 4.30. The molecular formula is C10H12NO+. The molecule has 0 unspecified atom stereocenters. The average molecular weight is 162 g/mol. The van der Waals surface area contributed by atoms with Gasteiger partial charge in [0.2, 0.25) is 0 Å². The van der Waals surface area contributed by atoms with Crippen LogP contribution in [0.2, 0.25) is 0 Å². The molecule has 12 heavy (non-hydrogen) atoms. The number of hydrogen-bond donors (Lipinski definition) is 0. The first-order chi connectivity index (χ1) is 5.79. The smallest absolute Gasteiger partial charge is 0.191 e. The summed E-state index contributed by atoms with van der Waals surface area (Å²) >= 11 is 0. The van der Waals surface area contributed by atoms with Gasteiger partial charge in [-0.1, -0.05) is 0 Å². The van der Waals surface area contributed by atoms with Crippen LogP contribution in [0.25, 0.3) is 0 Å². The van der Waals surface area contributed by atoms with Crippen LogP contribution in [0.5, 0.6) is 0 Å². The second-order valence-electron chi connectivity index (χ2n) is 3.26. The van der Waals surface area contributed by atoms with Crippen LogP contribution < -0.4 is 4.57 Å². The zero-order valence-electron chi connectivity index (χ0n) is 7.21. The Balaban J connectivity index is 2.59. The van der Waals surface area contributed by atoms with Crippen LogP contribution in [-0.4, -0.2) is 5.78 Å². The molecule has 62 valence electrons. The van der Waals surface area contributed by atoms with Crippen LogP contribution >= 0.6 is 0 Å². The van der Waals surface area contributed by atoms with Gasteiger partial charge in [-0.3, -0.25) is 4.79 Å². The highest BCUT2D eigenvalue weighted by molar-refractivity contribution is 5.97. The number of fused-ring (bicyclic) bond motifs is 1. The van der Waals surface area contributed by atoms with E-state index in [-0.39, 0.29) is 0 Å². The second kappa shape index (κ2) is 2.70. The monoisotopic (exact) mass is 162 g/mol. The first kappa shape index (κ1) is 7.47. The minimum absolute atomic E-state index is 0.299. The van der Waals surface area contributed by atoms with Crippen molar-refractivity contribution in [3.05, 3.63) is 29.6 Å². The van der Waals surface area contributed by atoms with Gasteiger partial charge >= 0.3 is 0 Å². The molecule has 2 heteroatoms. The van der Waals surface area contributed by atoms with E-state index in [0.29, 0.717) is 5.78 Å². The van der Waals surface area contributed by atoms with Crippen LogP contribution in [-0.2, 0) is 13.5 Å². The summed E-state index contributed by atoms with van der Waals surface area (Å²) in [4.78, 5) is 11.4. The highest BCUT2D eigenvalue weighted by atomic mass is 16.1. The van der Waals surface area contributed by atoms with E-state index in [0.717, 1.165) is 24.8 Å². The molecule has 0 aromatic carbocycles. The van der Waals surface area contributed by atoms with Gasteiger partial charge in [-0.15, -0.1) is 0 Å². The van der Waals surface area contributed by atoms with E-state index < -0.39 is 0 Å². The van der Waals surface area contributed by atoms with Crippen molar-refractivity contribution in [1.82, 2.24) is 0 Å². The number of nitrogens with zero attached hydrogens (tertiary/aromatic N) is 1. The number of rotatable bonds is 0. The number of carbonyl (C=O) groups excluding carboxylic acids is 1. The fourth-order valence-corrected chi connectivity index (χ4v) is 1.76. The zero-order valence-corrected chi connectivity index (χ0v) is 7.21. The summed E-state index contributed by atoms with van der Waals surface area (Å²) in [6, 6.07) is 3.86. The van der Waals surface area contributed by atoms with Gasteiger partial charge in [-0.05, 0) is 12.5 Å². The van der Waals surface area contributed by atoms with E-state index in [4.69, 9.17) is 0 Å². The van der Waals surface area contributed by atoms with Crippen molar-refractivity contribution in [2.75, 3.05) is 0 Å². The highest BCUT2D eigenvalue weighted by Crippen LogP contribution is 2.16. The van der Waals surface area contributed by atoms with E-state index in [2.05, 4.69) is 0 Å². The summed E-state index contributed by atoms with van der Waals surface area (Å²) in [5, 5.41) is 0. The number of aromatic nitrogens is 1. The molecule has 2 rings (SSSR count). The quantitative estimate of drug-likeness (QED) is 0.522. The van der Waals surface area contributed by atoms with Crippen LogP contribution in [0.4, 0.5) is 0 Å². The molecule has 0 aliphatic heterocycles. The van der Waals surface area contributed by atoms with Gasteiger partial charge in [0, 0.05) is 18.9 Å². The summed E-state index contributed by atoms with van der Waals surface area (Å²) in [7, 11) is 2.00. The molecule has 0 fully saturated rings. The fourth-order valence-electron chi connectivity index (χ4n) is 1.76. The Morgan fingerprint density at radius 2 is 2.25 bits per heavy atom. The van der Waals surface area contributed by atoms with Gasteiger partial charge in [-0.25, -0.2) is 4.57 Å². The number of hydrogen-bond acceptors (Lipinski definition) is 1. The molecule has 0 radical (unpaired) electrons. The normalized spacial score (nSPS) is 15.9. The predicted octanol–water partition coefficient (Wildman–Crippen LogP) is 1.03. The number of ketones is 1. The molecule has 1 aromatic rings. The Kier molecular flexibility index (Phi) is 1.68. The lowest BCUT2D eigenvalue weighted by Gasteiger charge is -2.10. The molecule has 0 amide bonds. The van der Waals surface area contributed by atoms with Crippen LogP contribution in [0.3, 0.4) is 0 Å². The van der Waals surface area contributed by atoms with Gasteiger partial charge in [-0.2, -0.15) is 0 Å². The second-order valence-corrected chi connectivity index (χ2v) is 3.26. The molecule has 0 spiro atoms. The summed E-state index contributed by atoms with van der Waals surface area (Å²) in [5.74, 6) is 0.299. The molecule has 1 aliphatic carbocycles. The maximum atomic E-state index is 11.4. The molecule has 0 atom stereocenters. The minimum atomic E-state index is 0.299. The Labute approximate surface area is 71.8 Å². The highest BCUT2D eigenvalue weighted by Gasteiger charge is 2.23. The Bertz CT molecular complexity index is 331. The van der Waals surface area contributed by atoms with Gasteiger partial charge in [0.15, 0.2) is 17.7 Å². The molecule has 0 saturated carbocycles. The van der Waals surface area contributed by atoms with Crippen molar-refractivity contribution < 1.29 is 9.36 Å². The van der Waals surface area contributed by atoms with E-state index in [1.54, 1.807) is 0 Å². The number of Topliss-reactive ketones (excluding diaryl/α,β-unsaturated/α-hetero) is 1. The van der Waals surface area contributed by atoms with E-state index in [9.17, 15) is 4.79 Å². The summed E-state index contributed by atoms with van der Waals surface area (Å²) in [6.45, 7) is 0. The third-order valence-corrected chi connectivity index (χ3v) is 2.43.